The van der Waals surface area contributed by atoms with Crippen LogP contribution < -0.4 is 4.74 Å². The van der Waals surface area contributed by atoms with Gasteiger partial charge in [-0.15, -0.1) is 5.26 Å². The molecule has 27 heavy (non-hydrogen) atoms. The highest BCUT2D eigenvalue weighted by Gasteiger charge is 2.53. The summed E-state index contributed by atoms with van der Waals surface area (Å²) in [5, 5.41) is 9.10. The molecular formula is C25H33NO. The quantitative estimate of drug-likeness (QED) is 0.544. The van der Waals surface area contributed by atoms with Gasteiger partial charge in [0, 0.05) is 0 Å². The highest BCUT2D eigenvalue weighted by molar-refractivity contribution is 5.42. The minimum Gasteiger partial charge on any atom is -0.388 e. The zero-order valence-electron chi connectivity index (χ0n) is 16.8. The number of hydrogen-bond acceptors (Lipinski definition) is 2. The Morgan fingerprint density at radius 2 is 1.63 bits per heavy atom. The van der Waals surface area contributed by atoms with Crippen LogP contribution in [0, 0.1) is 34.7 Å². The van der Waals surface area contributed by atoms with Crippen molar-refractivity contribution in [1.29, 1.82) is 5.26 Å². The standard InChI is InChI=1S/C25H33NO/c1-17(25-13-18-9-19(14-25)11-20(10-18)15-25)22-7-8-24(27-16-26)23(12-22)21-5-3-2-4-6-21/h7-8,12,17-21H,2-6,9-11,13-15H2,1H3. The van der Waals surface area contributed by atoms with Crippen LogP contribution in [0.4, 0.5) is 0 Å². The lowest BCUT2D eigenvalue weighted by molar-refractivity contribution is -0.0656. The molecule has 2 nitrogen and oxygen atoms in total. The Balaban J connectivity index is 1.47. The largest absolute Gasteiger partial charge is 0.388 e. The number of ether oxygens (including phenoxy) is 1. The molecule has 0 aromatic heterocycles. The maximum Gasteiger partial charge on any atom is 0.292 e. The van der Waals surface area contributed by atoms with Crippen molar-refractivity contribution in [3.8, 4) is 12.0 Å². The van der Waals surface area contributed by atoms with Crippen LogP contribution in [0.15, 0.2) is 18.2 Å². The van der Waals surface area contributed by atoms with Crippen LogP contribution in [0.5, 0.6) is 5.75 Å². The molecule has 0 saturated heterocycles. The second-order valence-corrected chi connectivity index (χ2v) is 10.3. The topological polar surface area (TPSA) is 33.0 Å². The van der Waals surface area contributed by atoms with Crippen molar-refractivity contribution in [3.63, 3.8) is 0 Å². The van der Waals surface area contributed by atoms with Crippen molar-refractivity contribution in [2.45, 2.75) is 89.4 Å². The molecule has 0 aliphatic heterocycles. The summed E-state index contributed by atoms with van der Waals surface area (Å²) in [6.07, 6.45) is 17.3. The van der Waals surface area contributed by atoms with E-state index in [-0.39, 0.29) is 0 Å². The number of hydrogen-bond donors (Lipinski definition) is 0. The fourth-order valence-corrected chi connectivity index (χ4v) is 7.77. The van der Waals surface area contributed by atoms with Crippen LogP contribution in [0.2, 0.25) is 0 Å². The Bertz CT molecular complexity index is 704. The first-order valence-electron chi connectivity index (χ1n) is 11.4. The molecule has 4 bridgehead atoms. The zero-order chi connectivity index (χ0) is 18.4. The van der Waals surface area contributed by atoms with Gasteiger partial charge in [-0.25, -0.2) is 0 Å². The van der Waals surface area contributed by atoms with Crippen molar-refractivity contribution in [3.05, 3.63) is 29.3 Å². The summed E-state index contributed by atoms with van der Waals surface area (Å²) < 4.78 is 5.38. The molecule has 0 radical (unpaired) electrons. The SMILES string of the molecule is CC(c1ccc(OC#N)c(C2CCCCC2)c1)C12CC3CC(CC(C3)C1)C2. The maximum absolute atomic E-state index is 9.10. The Hall–Kier alpha value is -1.49. The first kappa shape index (κ1) is 17.6. The molecule has 2 heteroatoms. The first-order chi connectivity index (χ1) is 13.2. The van der Waals surface area contributed by atoms with Crippen LogP contribution in [0.3, 0.4) is 0 Å². The van der Waals surface area contributed by atoms with E-state index in [9.17, 15) is 0 Å². The van der Waals surface area contributed by atoms with Gasteiger partial charge >= 0.3 is 0 Å². The highest BCUT2D eigenvalue weighted by atomic mass is 16.5. The molecule has 1 aromatic carbocycles. The van der Waals surface area contributed by atoms with E-state index in [0.717, 1.165) is 23.5 Å². The van der Waals surface area contributed by atoms with Crippen LogP contribution in [-0.4, -0.2) is 0 Å². The molecule has 5 fully saturated rings. The molecule has 144 valence electrons. The molecule has 5 saturated carbocycles. The second-order valence-electron chi connectivity index (χ2n) is 10.3. The van der Waals surface area contributed by atoms with Crippen molar-refractivity contribution in [2.75, 3.05) is 0 Å². The van der Waals surface area contributed by atoms with Gasteiger partial charge in [-0.3, -0.25) is 0 Å². The lowest BCUT2D eigenvalue weighted by Crippen LogP contribution is -2.48. The van der Waals surface area contributed by atoms with Gasteiger partial charge < -0.3 is 4.74 Å². The zero-order valence-corrected chi connectivity index (χ0v) is 16.8. The van der Waals surface area contributed by atoms with Gasteiger partial charge in [0.1, 0.15) is 5.75 Å². The fourth-order valence-electron chi connectivity index (χ4n) is 7.77. The molecule has 0 amide bonds. The Morgan fingerprint density at radius 3 is 2.22 bits per heavy atom. The molecule has 1 unspecified atom stereocenters. The highest BCUT2D eigenvalue weighted by Crippen LogP contribution is 2.64. The number of nitriles is 1. The van der Waals surface area contributed by atoms with Crippen LogP contribution in [-0.2, 0) is 0 Å². The summed E-state index contributed by atoms with van der Waals surface area (Å²) in [4.78, 5) is 0. The predicted octanol–water partition coefficient (Wildman–Crippen LogP) is 6.91. The van der Waals surface area contributed by atoms with E-state index in [4.69, 9.17) is 10.00 Å². The Kier molecular flexibility index (Phi) is 4.46. The van der Waals surface area contributed by atoms with Gasteiger partial charge in [0.25, 0.3) is 6.26 Å². The minimum absolute atomic E-state index is 0.538. The normalized spacial score (nSPS) is 36.4. The summed E-state index contributed by atoms with van der Waals surface area (Å²) in [7, 11) is 0. The van der Waals surface area contributed by atoms with Crippen molar-refractivity contribution in [2.24, 2.45) is 23.2 Å². The van der Waals surface area contributed by atoms with Gasteiger partial charge in [-0.05, 0) is 104 Å². The Labute approximate surface area is 164 Å². The lowest BCUT2D eigenvalue weighted by Gasteiger charge is -2.59. The summed E-state index contributed by atoms with van der Waals surface area (Å²) in [6, 6.07) is 6.80. The summed E-state index contributed by atoms with van der Waals surface area (Å²) >= 11 is 0. The van der Waals surface area contributed by atoms with E-state index < -0.39 is 0 Å². The molecule has 0 heterocycles. The molecule has 0 N–H and O–H groups in total. The smallest absolute Gasteiger partial charge is 0.292 e. The molecule has 1 aromatic rings. The molecule has 1 atom stereocenters. The van der Waals surface area contributed by atoms with E-state index in [1.54, 1.807) is 0 Å². The maximum atomic E-state index is 9.10. The van der Waals surface area contributed by atoms with Gasteiger partial charge in [-0.2, -0.15) is 0 Å². The monoisotopic (exact) mass is 363 g/mol. The van der Waals surface area contributed by atoms with E-state index in [1.165, 1.54) is 81.8 Å². The average molecular weight is 364 g/mol. The number of nitrogens with zero attached hydrogens (tertiary/aromatic N) is 1. The Morgan fingerprint density at radius 1 is 1.00 bits per heavy atom. The second kappa shape index (κ2) is 6.84. The summed E-state index contributed by atoms with van der Waals surface area (Å²) in [5.41, 5.74) is 3.35. The molecule has 5 aliphatic rings. The van der Waals surface area contributed by atoms with Gasteiger partial charge in [0.2, 0.25) is 0 Å². The van der Waals surface area contributed by atoms with Crippen molar-refractivity contribution in [1.82, 2.24) is 0 Å². The average Bonchev–Trinajstić information content (AvgIpc) is 2.68. The van der Waals surface area contributed by atoms with E-state index in [0.29, 0.717) is 17.3 Å². The van der Waals surface area contributed by atoms with Gasteiger partial charge in [-0.1, -0.05) is 38.3 Å². The van der Waals surface area contributed by atoms with Gasteiger partial charge in [0.15, 0.2) is 0 Å². The number of rotatable bonds is 4. The third-order valence-electron chi connectivity index (χ3n) is 8.74. The lowest BCUT2D eigenvalue weighted by atomic mass is 9.46. The van der Waals surface area contributed by atoms with Crippen LogP contribution >= 0.6 is 0 Å². The van der Waals surface area contributed by atoms with E-state index >= 15 is 0 Å². The first-order valence-corrected chi connectivity index (χ1v) is 11.4. The summed E-state index contributed by atoms with van der Waals surface area (Å²) in [5.74, 6) is 5.01. The molecule has 5 aliphatic carbocycles. The van der Waals surface area contributed by atoms with E-state index in [1.807, 2.05) is 6.26 Å². The molecular weight excluding hydrogens is 330 g/mol. The summed E-state index contributed by atoms with van der Waals surface area (Å²) in [6.45, 7) is 2.50. The van der Waals surface area contributed by atoms with Crippen LogP contribution in [0.1, 0.15) is 101 Å². The fraction of sp³-hybridized carbons (Fsp3) is 0.720. The molecule has 0 spiro atoms. The molecule has 6 rings (SSSR count). The van der Waals surface area contributed by atoms with Crippen LogP contribution in [0.25, 0.3) is 0 Å². The minimum atomic E-state index is 0.538. The van der Waals surface area contributed by atoms with Crippen molar-refractivity contribution < 1.29 is 4.74 Å². The van der Waals surface area contributed by atoms with E-state index in [2.05, 4.69) is 25.1 Å². The third kappa shape index (κ3) is 3.08. The predicted molar refractivity (Wildman–Crippen MR) is 108 cm³/mol. The third-order valence-corrected chi connectivity index (χ3v) is 8.74. The number of benzene rings is 1. The van der Waals surface area contributed by atoms with Gasteiger partial charge in [0.05, 0.1) is 0 Å². The van der Waals surface area contributed by atoms with Crippen molar-refractivity contribution >= 4 is 0 Å².